The van der Waals surface area contributed by atoms with Crippen LogP contribution in [0.15, 0.2) is 83.6 Å². The Morgan fingerprint density at radius 3 is 2.55 bits per heavy atom. The predicted molar refractivity (Wildman–Crippen MR) is 131 cm³/mol. The molecule has 166 valence electrons. The van der Waals surface area contributed by atoms with Gasteiger partial charge in [-0.2, -0.15) is 0 Å². The molecule has 0 spiro atoms. The number of halogens is 2. The van der Waals surface area contributed by atoms with Gasteiger partial charge in [0.05, 0.1) is 16.6 Å². The highest BCUT2D eigenvalue weighted by Gasteiger charge is 2.34. The smallest absolute Gasteiger partial charge is 0.283 e. The van der Waals surface area contributed by atoms with Gasteiger partial charge < -0.3 is 5.32 Å². The van der Waals surface area contributed by atoms with Gasteiger partial charge in [-0.3, -0.25) is 14.5 Å². The number of carbonyl (C=O) groups is 2. The Labute approximate surface area is 199 Å². The number of hydrogen-bond acceptors (Lipinski definition) is 5. The summed E-state index contributed by atoms with van der Waals surface area (Å²) in [6.07, 6.45) is 3.20. The average molecular weight is 481 g/mol. The van der Waals surface area contributed by atoms with Gasteiger partial charge in [0.25, 0.3) is 5.91 Å². The number of nitrogens with one attached hydrogen (secondary N) is 1. The number of carbonyl (C=O) groups excluding carboxylic acids is 2. The first-order valence-corrected chi connectivity index (χ1v) is 11.2. The molecule has 6 nitrogen and oxygen atoms in total. The maximum Gasteiger partial charge on any atom is 0.283 e. The van der Waals surface area contributed by atoms with Crippen molar-refractivity contribution in [2.75, 3.05) is 10.2 Å². The fourth-order valence-corrected chi connectivity index (χ4v) is 4.12. The first kappa shape index (κ1) is 22.7. The molecular formula is C24H18ClFN4O2S. The largest absolute Gasteiger partial charge is 0.322 e. The molecule has 1 N–H and O–H groups in total. The van der Waals surface area contributed by atoms with Gasteiger partial charge in [0.1, 0.15) is 11.5 Å². The SMILES string of the molecule is CC(SC1=N/C(=C\c2ccccc2)C(=O)N1c1ccc(F)cc1)C(=O)Nc1cccnc1Cl. The summed E-state index contributed by atoms with van der Waals surface area (Å²) >= 11 is 7.14. The number of rotatable bonds is 5. The van der Waals surface area contributed by atoms with Crippen LogP contribution < -0.4 is 10.2 Å². The fraction of sp³-hybridized carbons (Fsp3) is 0.0833. The Kier molecular flexibility index (Phi) is 6.86. The molecule has 1 aliphatic rings. The summed E-state index contributed by atoms with van der Waals surface area (Å²) in [4.78, 5) is 35.8. The van der Waals surface area contributed by atoms with Gasteiger partial charge in [0.2, 0.25) is 5.91 Å². The van der Waals surface area contributed by atoms with E-state index in [1.165, 1.54) is 35.4 Å². The highest BCUT2D eigenvalue weighted by atomic mass is 35.5. The number of anilines is 2. The van der Waals surface area contributed by atoms with Crippen molar-refractivity contribution in [3.8, 4) is 0 Å². The number of amidine groups is 1. The Morgan fingerprint density at radius 2 is 1.85 bits per heavy atom. The molecule has 0 aliphatic carbocycles. The van der Waals surface area contributed by atoms with Gasteiger partial charge in [-0.25, -0.2) is 14.4 Å². The van der Waals surface area contributed by atoms with Crippen LogP contribution in [0.5, 0.6) is 0 Å². The van der Waals surface area contributed by atoms with Crippen molar-refractivity contribution >= 4 is 57.8 Å². The normalized spacial score (nSPS) is 15.5. The monoisotopic (exact) mass is 480 g/mol. The zero-order valence-corrected chi connectivity index (χ0v) is 19.0. The second kappa shape index (κ2) is 9.97. The molecular weight excluding hydrogens is 463 g/mol. The topological polar surface area (TPSA) is 74.7 Å². The number of nitrogens with zero attached hydrogens (tertiary/aromatic N) is 3. The molecule has 3 aromatic rings. The third-order valence-corrected chi connectivity index (χ3v) is 6.04. The van der Waals surface area contributed by atoms with Crippen LogP contribution in [-0.2, 0) is 9.59 Å². The van der Waals surface area contributed by atoms with Crippen LogP contribution in [0.3, 0.4) is 0 Å². The number of pyridine rings is 1. The van der Waals surface area contributed by atoms with Crippen LogP contribution in [0.1, 0.15) is 12.5 Å². The minimum Gasteiger partial charge on any atom is -0.322 e. The molecule has 0 saturated heterocycles. The molecule has 0 bridgehead atoms. The third-order valence-electron chi connectivity index (χ3n) is 4.69. The van der Waals surface area contributed by atoms with Crippen molar-refractivity contribution < 1.29 is 14.0 Å². The second-order valence-corrected chi connectivity index (χ2v) is 8.71. The van der Waals surface area contributed by atoms with Gasteiger partial charge in [-0.1, -0.05) is 53.7 Å². The predicted octanol–water partition coefficient (Wildman–Crippen LogP) is 5.38. The number of aliphatic imine (C=N–C) groups is 1. The van der Waals surface area contributed by atoms with E-state index < -0.39 is 11.1 Å². The summed E-state index contributed by atoms with van der Waals surface area (Å²) in [5, 5.41) is 2.60. The Bertz CT molecular complexity index is 1250. The van der Waals surface area contributed by atoms with E-state index in [1.807, 2.05) is 30.3 Å². The quantitative estimate of drug-likeness (QED) is 0.393. The van der Waals surface area contributed by atoms with Crippen molar-refractivity contribution in [3.05, 3.63) is 95.2 Å². The summed E-state index contributed by atoms with van der Waals surface area (Å²) in [6, 6.07) is 18.1. The lowest BCUT2D eigenvalue weighted by molar-refractivity contribution is -0.115. The summed E-state index contributed by atoms with van der Waals surface area (Å²) in [6.45, 7) is 1.69. The first-order chi connectivity index (χ1) is 15.9. The van der Waals surface area contributed by atoms with Gasteiger partial charge in [0, 0.05) is 6.20 Å². The standard InChI is InChI=1S/C24H18ClFN4O2S/c1-15(22(31)28-19-8-5-13-27-21(19)25)33-24-29-20(14-16-6-3-2-4-7-16)23(32)30(24)18-11-9-17(26)10-12-18/h2-15H,1H3,(H,28,31)/b20-14-. The van der Waals surface area contributed by atoms with Crippen LogP contribution in [0.2, 0.25) is 5.15 Å². The molecule has 1 aromatic heterocycles. The summed E-state index contributed by atoms with van der Waals surface area (Å²) in [5.74, 6) is -1.11. The average Bonchev–Trinajstić information content (AvgIpc) is 3.11. The molecule has 1 atom stereocenters. The highest BCUT2D eigenvalue weighted by Crippen LogP contribution is 2.32. The first-order valence-electron chi connectivity index (χ1n) is 9.96. The zero-order chi connectivity index (χ0) is 23.4. The summed E-state index contributed by atoms with van der Waals surface area (Å²) < 4.78 is 13.5. The molecule has 2 heterocycles. The lowest BCUT2D eigenvalue weighted by Gasteiger charge is -2.20. The second-order valence-electron chi connectivity index (χ2n) is 7.04. The van der Waals surface area contributed by atoms with E-state index >= 15 is 0 Å². The van der Waals surface area contributed by atoms with Gasteiger partial charge in [0.15, 0.2) is 10.3 Å². The minimum atomic E-state index is -0.619. The van der Waals surface area contributed by atoms with Crippen molar-refractivity contribution in [1.82, 2.24) is 4.98 Å². The van der Waals surface area contributed by atoms with Crippen LogP contribution in [0, 0.1) is 5.82 Å². The van der Waals surface area contributed by atoms with Gasteiger partial charge >= 0.3 is 0 Å². The van der Waals surface area contributed by atoms with E-state index in [4.69, 9.17) is 11.6 Å². The van der Waals surface area contributed by atoms with E-state index in [9.17, 15) is 14.0 Å². The Balaban J connectivity index is 1.61. The number of thioether (sulfide) groups is 1. The molecule has 1 unspecified atom stereocenters. The van der Waals surface area contributed by atoms with E-state index in [-0.39, 0.29) is 22.7 Å². The molecule has 4 rings (SSSR count). The van der Waals surface area contributed by atoms with Crippen LogP contribution in [0.25, 0.3) is 6.08 Å². The van der Waals surface area contributed by atoms with Crippen molar-refractivity contribution in [2.45, 2.75) is 12.2 Å². The molecule has 1 aliphatic heterocycles. The Hall–Kier alpha value is -3.49. The highest BCUT2D eigenvalue weighted by molar-refractivity contribution is 8.15. The van der Waals surface area contributed by atoms with E-state index in [1.54, 1.807) is 25.1 Å². The lowest BCUT2D eigenvalue weighted by Crippen LogP contribution is -2.33. The maximum absolute atomic E-state index is 13.5. The van der Waals surface area contributed by atoms with Crippen LogP contribution in [0.4, 0.5) is 15.8 Å². The van der Waals surface area contributed by atoms with E-state index in [0.29, 0.717) is 16.5 Å². The number of aromatic nitrogens is 1. The molecule has 9 heteroatoms. The van der Waals surface area contributed by atoms with Crippen molar-refractivity contribution in [1.29, 1.82) is 0 Å². The third kappa shape index (κ3) is 5.30. The van der Waals surface area contributed by atoms with Crippen molar-refractivity contribution in [2.24, 2.45) is 4.99 Å². The lowest BCUT2D eigenvalue weighted by atomic mass is 10.2. The van der Waals surface area contributed by atoms with E-state index in [2.05, 4.69) is 15.3 Å². The number of amides is 2. The maximum atomic E-state index is 13.5. The van der Waals surface area contributed by atoms with Crippen LogP contribution >= 0.6 is 23.4 Å². The molecule has 0 saturated carbocycles. The fourth-order valence-electron chi connectivity index (χ4n) is 3.03. The Morgan fingerprint density at radius 1 is 1.12 bits per heavy atom. The summed E-state index contributed by atoms with van der Waals surface area (Å²) in [7, 11) is 0. The molecule has 2 amide bonds. The van der Waals surface area contributed by atoms with Gasteiger partial charge in [-0.15, -0.1) is 0 Å². The molecule has 33 heavy (non-hydrogen) atoms. The zero-order valence-electron chi connectivity index (χ0n) is 17.4. The summed E-state index contributed by atoms with van der Waals surface area (Å²) in [5.41, 5.74) is 1.87. The van der Waals surface area contributed by atoms with Crippen LogP contribution in [-0.4, -0.2) is 27.2 Å². The molecule has 0 fully saturated rings. The molecule has 0 radical (unpaired) electrons. The molecule has 2 aromatic carbocycles. The van der Waals surface area contributed by atoms with Crippen molar-refractivity contribution in [3.63, 3.8) is 0 Å². The van der Waals surface area contributed by atoms with Gasteiger partial charge in [-0.05, 0) is 55.0 Å². The minimum absolute atomic E-state index is 0.178. The number of hydrogen-bond donors (Lipinski definition) is 1. The number of benzene rings is 2. The van der Waals surface area contributed by atoms with E-state index in [0.717, 1.165) is 17.3 Å².